The molecule has 0 amide bonds. The number of hydrogen-bond donors (Lipinski definition) is 1. The molecule has 0 aromatic carbocycles. The molecule has 0 aliphatic rings. The first kappa shape index (κ1) is 12.9. The summed E-state index contributed by atoms with van der Waals surface area (Å²) in [6, 6.07) is 0.429. The minimum absolute atomic E-state index is 0.429. The van der Waals surface area contributed by atoms with E-state index in [0.717, 1.165) is 10.7 Å². The van der Waals surface area contributed by atoms with Crippen molar-refractivity contribution in [2.75, 3.05) is 10.7 Å². The molecular weight excluding hydrogens is 282 g/mol. The highest BCUT2D eigenvalue weighted by molar-refractivity contribution is 9.09. The molecule has 0 aliphatic heterocycles. The van der Waals surface area contributed by atoms with Crippen molar-refractivity contribution in [2.45, 2.75) is 44.6 Å². The lowest BCUT2D eigenvalue weighted by Gasteiger charge is -2.09. The maximum absolute atomic E-state index is 5.91. The summed E-state index contributed by atoms with van der Waals surface area (Å²) in [5.74, 6) is 0. The van der Waals surface area contributed by atoms with Crippen molar-refractivity contribution >= 4 is 31.9 Å². The van der Waals surface area contributed by atoms with Crippen LogP contribution in [0.5, 0.6) is 0 Å². The van der Waals surface area contributed by atoms with Crippen molar-refractivity contribution in [3.8, 4) is 0 Å². The van der Waals surface area contributed by atoms with Crippen molar-refractivity contribution < 1.29 is 0 Å². The van der Waals surface area contributed by atoms with E-state index >= 15 is 0 Å². The molecule has 0 rings (SSSR count). The zero-order valence-corrected chi connectivity index (χ0v) is 10.7. The summed E-state index contributed by atoms with van der Waals surface area (Å²) in [5, 5.41) is 2.21. The van der Waals surface area contributed by atoms with Gasteiger partial charge in [-0.2, -0.15) is 0 Å². The Morgan fingerprint density at radius 1 is 0.833 bits per heavy atom. The quantitative estimate of drug-likeness (QED) is 0.539. The lowest BCUT2D eigenvalue weighted by atomic mass is 10.1. The van der Waals surface area contributed by atoms with Crippen LogP contribution >= 0.6 is 31.9 Å². The Morgan fingerprint density at radius 3 is 2.00 bits per heavy atom. The van der Waals surface area contributed by atoms with Gasteiger partial charge >= 0.3 is 0 Å². The predicted molar refractivity (Wildman–Crippen MR) is 63.3 cm³/mol. The fourth-order valence-electron chi connectivity index (χ4n) is 1.16. The van der Waals surface area contributed by atoms with Crippen LogP contribution in [-0.4, -0.2) is 16.7 Å². The van der Waals surface area contributed by atoms with Crippen LogP contribution in [0.4, 0.5) is 0 Å². The molecular formula is C9H19Br2N. The summed E-state index contributed by atoms with van der Waals surface area (Å²) in [7, 11) is 0. The maximum Gasteiger partial charge on any atom is 0.00391 e. The van der Waals surface area contributed by atoms with E-state index in [1.807, 2.05) is 0 Å². The van der Waals surface area contributed by atoms with E-state index in [1.54, 1.807) is 0 Å². The highest BCUT2D eigenvalue weighted by Gasteiger charge is 2.00. The monoisotopic (exact) mass is 299 g/mol. The van der Waals surface area contributed by atoms with Gasteiger partial charge in [0.05, 0.1) is 0 Å². The minimum atomic E-state index is 0.429. The first-order valence-corrected chi connectivity index (χ1v) is 6.93. The summed E-state index contributed by atoms with van der Waals surface area (Å²) in [6.45, 7) is 0. The van der Waals surface area contributed by atoms with Crippen LogP contribution in [0.15, 0.2) is 0 Å². The van der Waals surface area contributed by atoms with Gasteiger partial charge < -0.3 is 5.73 Å². The van der Waals surface area contributed by atoms with Crippen LogP contribution in [0.3, 0.4) is 0 Å². The van der Waals surface area contributed by atoms with E-state index in [9.17, 15) is 0 Å². The standard InChI is InChI=1S/C9H19Br2N/c10-7-3-1-2-5-9(12)6-4-8-11/h9H,1-8,12H2. The third-order valence-electron chi connectivity index (χ3n) is 1.92. The molecule has 0 saturated heterocycles. The number of halogens is 2. The summed E-state index contributed by atoms with van der Waals surface area (Å²) in [6.07, 6.45) is 7.45. The Balaban J connectivity index is 3.02. The molecule has 1 atom stereocenters. The van der Waals surface area contributed by atoms with Gasteiger partial charge in [-0.25, -0.2) is 0 Å². The zero-order valence-electron chi connectivity index (χ0n) is 7.57. The van der Waals surface area contributed by atoms with Crippen LogP contribution in [0.25, 0.3) is 0 Å². The molecule has 0 aromatic heterocycles. The number of alkyl halides is 2. The molecule has 0 saturated carbocycles. The smallest absolute Gasteiger partial charge is 0.00391 e. The van der Waals surface area contributed by atoms with Crippen LogP contribution < -0.4 is 5.73 Å². The number of hydrogen-bond acceptors (Lipinski definition) is 1. The molecule has 0 fully saturated rings. The first-order valence-electron chi connectivity index (χ1n) is 4.68. The highest BCUT2D eigenvalue weighted by atomic mass is 79.9. The molecule has 12 heavy (non-hydrogen) atoms. The van der Waals surface area contributed by atoms with Crippen LogP contribution in [0.1, 0.15) is 38.5 Å². The molecule has 3 heteroatoms. The van der Waals surface area contributed by atoms with Gasteiger partial charge in [0.25, 0.3) is 0 Å². The Bertz CT molecular complexity index is 88.6. The van der Waals surface area contributed by atoms with E-state index in [4.69, 9.17) is 5.73 Å². The topological polar surface area (TPSA) is 26.0 Å². The molecule has 0 heterocycles. The molecule has 1 nitrogen and oxygen atoms in total. The van der Waals surface area contributed by atoms with Gasteiger partial charge in [-0.1, -0.05) is 44.7 Å². The summed E-state index contributed by atoms with van der Waals surface area (Å²) < 4.78 is 0. The average molecular weight is 301 g/mol. The van der Waals surface area contributed by atoms with Crippen molar-refractivity contribution in [1.29, 1.82) is 0 Å². The molecule has 0 radical (unpaired) electrons. The van der Waals surface area contributed by atoms with Crippen molar-refractivity contribution in [3.63, 3.8) is 0 Å². The molecule has 0 aliphatic carbocycles. The lowest BCUT2D eigenvalue weighted by Crippen LogP contribution is -2.19. The van der Waals surface area contributed by atoms with Gasteiger partial charge in [0, 0.05) is 16.7 Å². The largest absolute Gasteiger partial charge is 0.328 e. The number of unbranched alkanes of at least 4 members (excludes halogenated alkanes) is 2. The second kappa shape index (κ2) is 10.0. The molecule has 0 spiro atoms. The van der Waals surface area contributed by atoms with Gasteiger partial charge in [0.15, 0.2) is 0 Å². The molecule has 2 N–H and O–H groups in total. The average Bonchev–Trinajstić information content (AvgIpc) is 2.09. The molecule has 0 bridgehead atoms. The van der Waals surface area contributed by atoms with Gasteiger partial charge in [-0.05, 0) is 25.7 Å². The Hall–Kier alpha value is 0.920. The van der Waals surface area contributed by atoms with Crippen LogP contribution in [0, 0.1) is 0 Å². The second-order valence-electron chi connectivity index (χ2n) is 3.13. The van der Waals surface area contributed by atoms with E-state index in [1.165, 1.54) is 38.5 Å². The lowest BCUT2D eigenvalue weighted by molar-refractivity contribution is 0.527. The Morgan fingerprint density at radius 2 is 1.42 bits per heavy atom. The van der Waals surface area contributed by atoms with E-state index in [-0.39, 0.29) is 0 Å². The number of rotatable bonds is 8. The molecule has 1 unspecified atom stereocenters. The van der Waals surface area contributed by atoms with Crippen molar-refractivity contribution in [2.24, 2.45) is 5.73 Å². The first-order chi connectivity index (χ1) is 5.81. The minimum Gasteiger partial charge on any atom is -0.328 e. The van der Waals surface area contributed by atoms with Gasteiger partial charge in [-0.15, -0.1) is 0 Å². The van der Waals surface area contributed by atoms with Crippen molar-refractivity contribution in [1.82, 2.24) is 0 Å². The predicted octanol–water partition coefficient (Wildman–Crippen LogP) is 3.44. The second-order valence-corrected chi connectivity index (χ2v) is 4.72. The zero-order chi connectivity index (χ0) is 9.23. The summed E-state index contributed by atoms with van der Waals surface area (Å²) >= 11 is 6.83. The highest BCUT2D eigenvalue weighted by Crippen LogP contribution is 2.08. The van der Waals surface area contributed by atoms with Gasteiger partial charge in [0.1, 0.15) is 0 Å². The number of nitrogens with two attached hydrogens (primary N) is 1. The molecule has 74 valence electrons. The third kappa shape index (κ3) is 9.01. The van der Waals surface area contributed by atoms with Gasteiger partial charge in [-0.3, -0.25) is 0 Å². The van der Waals surface area contributed by atoms with Gasteiger partial charge in [0.2, 0.25) is 0 Å². The van der Waals surface area contributed by atoms with Crippen LogP contribution in [-0.2, 0) is 0 Å². The Labute approximate surface area is 92.7 Å². The fourth-order valence-corrected chi connectivity index (χ4v) is 1.88. The van der Waals surface area contributed by atoms with Crippen LogP contribution in [0.2, 0.25) is 0 Å². The van der Waals surface area contributed by atoms with E-state index < -0.39 is 0 Å². The maximum atomic E-state index is 5.91. The van der Waals surface area contributed by atoms with Crippen molar-refractivity contribution in [3.05, 3.63) is 0 Å². The summed E-state index contributed by atoms with van der Waals surface area (Å²) in [4.78, 5) is 0. The normalized spacial score (nSPS) is 13.2. The van der Waals surface area contributed by atoms with E-state index in [2.05, 4.69) is 31.9 Å². The third-order valence-corrected chi connectivity index (χ3v) is 3.04. The molecule has 0 aromatic rings. The summed E-state index contributed by atoms with van der Waals surface area (Å²) in [5.41, 5.74) is 5.91. The fraction of sp³-hybridized carbons (Fsp3) is 1.00. The van der Waals surface area contributed by atoms with E-state index in [0.29, 0.717) is 6.04 Å². The Kier molecular flexibility index (Phi) is 10.8. The SMILES string of the molecule is NC(CCCBr)CCCCCBr.